The lowest BCUT2D eigenvalue weighted by Crippen LogP contribution is -2.28. The van der Waals surface area contributed by atoms with Crippen molar-refractivity contribution < 1.29 is 0 Å². The summed E-state index contributed by atoms with van der Waals surface area (Å²) < 4.78 is 0. The Bertz CT molecular complexity index is 214. The summed E-state index contributed by atoms with van der Waals surface area (Å²) in [6.07, 6.45) is 3.48. The highest BCUT2D eigenvalue weighted by molar-refractivity contribution is 4.98. The van der Waals surface area contributed by atoms with Gasteiger partial charge in [0.25, 0.3) is 0 Å². The van der Waals surface area contributed by atoms with E-state index in [0.29, 0.717) is 11.5 Å². The van der Waals surface area contributed by atoms with Crippen molar-refractivity contribution in [3.8, 4) is 11.8 Å². The molecule has 1 nitrogen and oxygen atoms in total. The van der Waals surface area contributed by atoms with E-state index in [2.05, 4.69) is 44.9 Å². The largest absolute Gasteiger partial charge is 0.316 e. The molecule has 0 rings (SSSR count). The molecular formula is C14H27N. The van der Waals surface area contributed by atoms with Crippen molar-refractivity contribution in [3.05, 3.63) is 0 Å². The molecule has 1 heteroatoms. The van der Waals surface area contributed by atoms with Crippen LogP contribution in [-0.4, -0.2) is 13.1 Å². The van der Waals surface area contributed by atoms with Gasteiger partial charge in [-0.05, 0) is 38.1 Å². The average molecular weight is 209 g/mol. The quantitative estimate of drug-likeness (QED) is 0.684. The van der Waals surface area contributed by atoms with E-state index in [-0.39, 0.29) is 0 Å². The van der Waals surface area contributed by atoms with Crippen molar-refractivity contribution in [2.45, 2.75) is 59.9 Å². The Morgan fingerprint density at radius 1 is 1.27 bits per heavy atom. The van der Waals surface area contributed by atoms with E-state index in [1.807, 2.05) is 14.0 Å². The lowest BCUT2D eigenvalue weighted by Gasteiger charge is -2.25. The normalized spacial score (nSPS) is 15.3. The molecule has 0 aliphatic rings. The van der Waals surface area contributed by atoms with Crippen LogP contribution >= 0.6 is 0 Å². The summed E-state index contributed by atoms with van der Waals surface area (Å²) >= 11 is 0. The molecule has 0 bridgehead atoms. The summed E-state index contributed by atoms with van der Waals surface area (Å²) in [7, 11) is 2.03. The zero-order chi connectivity index (χ0) is 11.9. The second-order valence-corrected chi connectivity index (χ2v) is 5.72. The van der Waals surface area contributed by atoms with Crippen LogP contribution in [0.1, 0.15) is 53.9 Å². The minimum Gasteiger partial charge on any atom is -0.316 e. The summed E-state index contributed by atoms with van der Waals surface area (Å²) in [4.78, 5) is 0. The number of hydrogen-bond donors (Lipinski definition) is 1. The predicted molar refractivity (Wildman–Crippen MR) is 68.8 cm³/mol. The van der Waals surface area contributed by atoms with Gasteiger partial charge in [0.2, 0.25) is 0 Å². The third kappa shape index (κ3) is 8.51. The molecule has 0 heterocycles. The Hall–Kier alpha value is -0.480. The molecule has 1 N–H and O–H groups in total. The molecule has 2 unspecified atom stereocenters. The van der Waals surface area contributed by atoms with Crippen molar-refractivity contribution >= 4 is 0 Å². The van der Waals surface area contributed by atoms with Crippen LogP contribution in [0.3, 0.4) is 0 Å². The van der Waals surface area contributed by atoms with Gasteiger partial charge in [-0.25, -0.2) is 0 Å². The monoisotopic (exact) mass is 209 g/mol. The molecule has 0 spiro atoms. The Morgan fingerprint density at radius 2 is 1.87 bits per heavy atom. The molecule has 15 heavy (non-hydrogen) atoms. The molecular weight excluding hydrogens is 182 g/mol. The Morgan fingerprint density at radius 3 is 2.27 bits per heavy atom. The van der Waals surface area contributed by atoms with Crippen molar-refractivity contribution in [1.82, 2.24) is 5.32 Å². The Labute approximate surface area is 96.0 Å². The molecule has 0 aromatic rings. The van der Waals surface area contributed by atoms with E-state index in [9.17, 15) is 0 Å². The predicted octanol–water partition coefficient (Wildman–Crippen LogP) is 3.45. The number of hydrogen-bond acceptors (Lipinski definition) is 1. The SMILES string of the molecule is CC#CCC(CC(C)CC(C)(C)C)NC. The zero-order valence-electron chi connectivity index (χ0n) is 11.3. The standard InChI is InChI=1S/C14H27N/c1-7-8-9-13(15-6)10-12(2)11-14(3,4)5/h12-13,15H,9-11H2,1-6H3. The Kier molecular flexibility index (Phi) is 6.68. The van der Waals surface area contributed by atoms with Crippen LogP contribution in [0.15, 0.2) is 0 Å². The van der Waals surface area contributed by atoms with Crippen LogP contribution in [0.5, 0.6) is 0 Å². The molecule has 2 atom stereocenters. The molecule has 0 aliphatic heterocycles. The maximum absolute atomic E-state index is 3.35. The van der Waals surface area contributed by atoms with Crippen LogP contribution in [0.25, 0.3) is 0 Å². The molecule has 88 valence electrons. The van der Waals surface area contributed by atoms with Crippen LogP contribution < -0.4 is 5.32 Å². The third-order valence-electron chi connectivity index (χ3n) is 2.58. The average Bonchev–Trinajstić information content (AvgIpc) is 2.09. The first-order valence-electron chi connectivity index (χ1n) is 5.96. The third-order valence-corrected chi connectivity index (χ3v) is 2.58. The highest BCUT2D eigenvalue weighted by Crippen LogP contribution is 2.26. The van der Waals surface area contributed by atoms with Gasteiger partial charge in [0, 0.05) is 12.5 Å². The molecule has 0 saturated heterocycles. The van der Waals surface area contributed by atoms with Crippen molar-refractivity contribution in [2.75, 3.05) is 7.05 Å². The maximum atomic E-state index is 3.35. The van der Waals surface area contributed by atoms with Gasteiger partial charge in [0.1, 0.15) is 0 Å². The van der Waals surface area contributed by atoms with Crippen molar-refractivity contribution in [2.24, 2.45) is 11.3 Å². The van der Waals surface area contributed by atoms with Crippen LogP contribution in [0.4, 0.5) is 0 Å². The van der Waals surface area contributed by atoms with E-state index < -0.39 is 0 Å². The highest BCUT2D eigenvalue weighted by atomic mass is 14.9. The zero-order valence-corrected chi connectivity index (χ0v) is 11.3. The summed E-state index contributed by atoms with van der Waals surface area (Å²) in [6, 6.07) is 0.551. The number of nitrogens with one attached hydrogen (secondary N) is 1. The van der Waals surface area contributed by atoms with Gasteiger partial charge in [-0.1, -0.05) is 27.7 Å². The minimum atomic E-state index is 0.439. The summed E-state index contributed by atoms with van der Waals surface area (Å²) in [5.41, 5.74) is 0.439. The van der Waals surface area contributed by atoms with Gasteiger partial charge < -0.3 is 5.32 Å². The smallest absolute Gasteiger partial charge is 0.0243 e. The van der Waals surface area contributed by atoms with E-state index >= 15 is 0 Å². The van der Waals surface area contributed by atoms with E-state index in [1.165, 1.54) is 12.8 Å². The first kappa shape index (κ1) is 14.5. The maximum Gasteiger partial charge on any atom is 0.0243 e. The van der Waals surface area contributed by atoms with Crippen molar-refractivity contribution in [3.63, 3.8) is 0 Å². The molecule has 0 amide bonds. The molecule has 0 aliphatic carbocycles. The van der Waals surface area contributed by atoms with Gasteiger partial charge in [-0.2, -0.15) is 0 Å². The fraction of sp³-hybridized carbons (Fsp3) is 0.857. The molecule has 0 saturated carbocycles. The summed E-state index contributed by atoms with van der Waals surface area (Å²) in [5, 5.41) is 3.35. The van der Waals surface area contributed by atoms with Gasteiger partial charge in [-0.15, -0.1) is 11.8 Å². The second-order valence-electron chi connectivity index (χ2n) is 5.72. The fourth-order valence-corrected chi connectivity index (χ4v) is 2.14. The first-order valence-corrected chi connectivity index (χ1v) is 5.96. The minimum absolute atomic E-state index is 0.439. The lowest BCUT2D eigenvalue weighted by molar-refractivity contribution is 0.279. The summed E-state index contributed by atoms with van der Waals surface area (Å²) in [5.74, 6) is 6.88. The van der Waals surface area contributed by atoms with Crippen LogP contribution in [-0.2, 0) is 0 Å². The van der Waals surface area contributed by atoms with Crippen molar-refractivity contribution in [1.29, 1.82) is 0 Å². The van der Waals surface area contributed by atoms with Gasteiger partial charge in [0.15, 0.2) is 0 Å². The van der Waals surface area contributed by atoms with E-state index in [4.69, 9.17) is 0 Å². The summed E-state index contributed by atoms with van der Waals surface area (Å²) in [6.45, 7) is 11.2. The second kappa shape index (κ2) is 6.90. The van der Waals surface area contributed by atoms with E-state index in [1.54, 1.807) is 0 Å². The topological polar surface area (TPSA) is 12.0 Å². The van der Waals surface area contributed by atoms with E-state index in [0.717, 1.165) is 12.3 Å². The molecule has 0 aromatic carbocycles. The highest BCUT2D eigenvalue weighted by Gasteiger charge is 2.17. The fourth-order valence-electron chi connectivity index (χ4n) is 2.14. The van der Waals surface area contributed by atoms with Gasteiger partial charge in [0.05, 0.1) is 0 Å². The van der Waals surface area contributed by atoms with Gasteiger partial charge in [-0.3, -0.25) is 0 Å². The Balaban J connectivity index is 3.99. The molecule has 0 fully saturated rings. The molecule has 0 radical (unpaired) electrons. The number of rotatable bonds is 5. The molecule has 0 aromatic heterocycles. The first-order chi connectivity index (χ1) is 6.89. The van der Waals surface area contributed by atoms with Crippen LogP contribution in [0, 0.1) is 23.2 Å². The lowest BCUT2D eigenvalue weighted by atomic mass is 9.82. The van der Waals surface area contributed by atoms with Gasteiger partial charge >= 0.3 is 0 Å². The van der Waals surface area contributed by atoms with Crippen LogP contribution in [0.2, 0.25) is 0 Å².